The zero-order valence-corrected chi connectivity index (χ0v) is 12.3. The summed E-state index contributed by atoms with van der Waals surface area (Å²) in [6.45, 7) is 2.91. The Kier molecular flexibility index (Phi) is 3.73. The van der Waals surface area contributed by atoms with Crippen LogP contribution in [0.4, 0.5) is 5.69 Å². The van der Waals surface area contributed by atoms with E-state index in [4.69, 9.17) is 0 Å². The van der Waals surface area contributed by atoms with E-state index < -0.39 is 0 Å². The van der Waals surface area contributed by atoms with Gasteiger partial charge in [0.1, 0.15) is 0 Å². The molecule has 2 aromatic heterocycles. The molecule has 0 aliphatic rings. The maximum atomic E-state index is 4.43. The number of benzene rings is 1. The van der Waals surface area contributed by atoms with Gasteiger partial charge in [-0.25, -0.2) is 4.68 Å². The highest BCUT2D eigenvalue weighted by Crippen LogP contribution is 2.16. The lowest BCUT2D eigenvalue weighted by molar-refractivity contribution is 0.746. The van der Waals surface area contributed by atoms with E-state index in [0.717, 1.165) is 30.0 Å². The van der Waals surface area contributed by atoms with Crippen LogP contribution in [0.1, 0.15) is 18.2 Å². The maximum absolute atomic E-state index is 4.43. The molecule has 0 aliphatic heterocycles. The van der Waals surface area contributed by atoms with Crippen LogP contribution < -0.4 is 5.32 Å². The van der Waals surface area contributed by atoms with Gasteiger partial charge in [0.25, 0.3) is 0 Å². The molecule has 0 amide bonds. The van der Waals surface area contributed by atoms with E-state index in [1.165, 1.54) is 5.56 Å². The molecule has 0 fully saturated rings. The van der Waals surface area contributed by atoms with Crippen molar-refractivity contribution in [1.82, 2.24) is 19.6 Å². The number of hydrogen-bond donors (Lipinski definition) is 1. The smallest absolute Gasteiger partial charge is 0.0853 e. The summed E-state index contributed by atoms with van der Waals surface area (Å²) < 4.78 is 3.70. The van der Waals surface area contributed by atoms with Gasteiger partial charge in [0.2, 0.25) is 0 Å². The Morgan fingerprint density at radius 3 is 2.67 bits per heavy atom. The van der Waals surface area contributed by atoms with Crippen molar-refractivity contribution in [1.29, 1.82) is 0 Å². The van der Waals surface area contributed by atoms with Crippen LogP contribution in [-0.2, 0) is 20.0 Å². The molecule has 0 saturated heterocycles. The van der Waals surface area contributed by atoms with Crippen molar-refractivity contribution >= 4 is 5.69 Å². The molecule has 0 saturated carbocycles. The molecule has 3 rings (SSSR count). The van der Waals surface area contributed by atoms with Gasteiger partial charge >= 0.3 is 0 Å². The van der Waals surface area contributed by atoms with Crippen LogP contribution in [0, 0.1) is 0 Å². The van der Waals surface area contributed by atoms with E-state index in [9.17, 15) is 0 Å². The van der Waals surface area contributed by atoms with E-state index in [1.54, 1.807) is 6.20 Å². The Labute approximate surface area is 124 Å². The van der Waals surface area contributed by atoms with Gasteiger partial charge in [0.15, 0.2) is 0 Å². The third kappa shape index (κ3) is 2.97. The van der Waals surface area contributed by atoms with E-state index in [0.29, 0.717) is 0 Å². The molecule has 0 unspecified atom stereocenters. The lowest BCUT2D eigenvalue weighted by Gasteiger charge is -2.07. The number of nitrogens with zero attached hydrogens (tertiary/aromatic N) is 4. The molecule has 21 heavy (non-hydrogen) atoms. The molecule has 2 heterocycles. The van der Waals surface area contributed by atoms with Crippen molar-refractivity contribution in [3.8, 4) is 5.69 Å². The summed E-state index contributed by atoms with van der Waals surface area (Å²) in [5.41, 5.74) is 4.51. The second-order valence-electron chi connectivity index (χ2n) is 4.99. The van der Waals surface area contributed by atoms with Crippen LogP contribution in [0.3, 0.4) is 0 Å². The molecule has 0 aliphatic carbocycles. The number of hydrogen-bond acceptors (Lipinski definition) is 3. The summed E-state index contributed by atoms with van der Waals surface area (Å²) in [7, 11) is 1.95. The minimum atomic E-state index is 0.790. The van der Waals surface area contributed by atoms with Crippen molar-refractivity contribution in [3.05, 3.63) is 60.2 Å². The SMILES string of the molecule is CCc1nn(C)cc1NCc1ccc(-n2cccn2)cc1. The second kappa shape index (κ2) is 5.83. The quantitative estimate of drug-likeness (QED) is 0.782. The molecule has 5 nitrogen and oxygen atoms in total. The number of anilines is 1. The van der Waals surface area contributed by atoms with Crippen molar-refractivity contribution < 1.29 is 0 Å². The third-order valence-electron chi connectivity index (χ3n) is 3.43. The first-order chi connectivity index (χ1) is 10.3. The van der Waals surface area contributed by atoms with Crippen LogP contribution in [0.5, 0.6) is 0 Å². The predicted octanol–water partition coefficient (Wildman–Crippen LogP) is 2.78. The Morgan fingerprint density at radius 1 is 1.19 bits per heavy atom. The number of rotatable bonds is 5. The zero-order chi connectivity index (χ0) is 14.7. The Bertz CT molecular complexity index is 695. The summed E-state index contributed by atoms with van der Waals surface area (Å²) in [6, 6.07) is 10.3. The van der Waals surface area contributed by atoms with Gasteiger partial charge in [-0.2, -0.15) is 10.2 Å². The standard InChI is InChI=1S/C16H19N5/c1-3-15-16(12-20(2)19-15)17-11-13-5-7-14(8-6-13)21-10-4-9-18-21/h4-10,12,17H,3,11H2,1-2H3. The third-order valence-corrected chi connectivity index (χ3v) is 3.43. The fraction of sp³-hybridized carbons (Fsp3) is 0.250. The first-order valence-corrected chi connectivity index (χ1v) is 7.11. The summed E-state index contributed by atoms with van der Waals surface area (Å²) in [6.07, 6.45) is 6.68. The lowest BCUT2D eigenvalue weighted by atomic mass is 10.2. The monoisotopic (exact) mass is 281 g/mol. The average Bonchev–Trinajstić information content (AvgIpc) is 3.15. The molecule has 3 aromatic rings. The topological polar surface area (TPSA) is 47.7 Å². The van der Waals surface area contributed by atoms with E-state index in [2.05, 4.69) is 46.7 Å². The summed E-state index contributed by atoms with van der Waals surface area (Å²) >= 11 is 0. The lowest BCUT2D eigenvalue weighted by Crippen LogP contribution is -2.01. The molecular formula is C16H19N5. The second-order valence-corrected chi connectivity index (χ2v) is 4.99. The van der Waals surface area contributed by atoms with Gasteiger partial charge in [-0.15, -0.1) is 0 Å². The van der Waals surface area contributed by atoms with E-state index in [1.807, 2.05) is 34.9 Å². The number of aromatic nitrogens is 4. The zero-order valence-electron chi connectivity index (χ0n) is 12.3. The van der Waals surface area contributed by atoms with Crippen molar-refractivity contribution in [2.45, 2.75) is 19.9 Å². The first kappa shape index (κ1) is 13.4. The Balaban J connectivity index is 1.68. The summed E-state index contributed by atoms with van der Waals surface area (Å²) in [4.78, 5) is 0. The van der Waals surface area contributed by atoms with Crippen molar-refractivity contribution in [3.63, 3.8) is 0 Å². The highest BCUT2D eigenvalue weighted by atomic mass is 15.3. The molecule has 0 spiro atoms. The van der Waals surface area contributed by atoms with Gasteiger partial charge < -0.3 is 5.32 Å². The largest absolute Gasteiger partial charge is 0.378 e. The molecular weight excluding hydrogens is 262 g/mol. The van der Waals surface area contributed by atoms with E-state index in [-0.39, 0.29) is 0 Å². The number of nitrogens with one attached hydrogen (secondary N) is 1. The normalized spacial score (nSPS) is 10.8. The maximum Gasteiger partial charge on any atom is 0.0853 e. The summed E-state index contributed by atoms with van der Waals surface area (Å²) in [5.74, 6) is 0. The molecule has 0 bridgehead atoms. The Hall–Kier alpha value is -2.56. The molecule has 1 N–H and O–H groups in total. The van der Waals surface area contributed by atoms with Gasteiger partial charge in [-0.05, 0) is 30.2 Å². The average molecular weight is 281 g/mol. The fourth-order valence-electron chi connectivity index (χ4n) is 2.33. The molecule has 1 aromatic carbocycles. The molecule has 108 valence electrons. The molecule has 0 atom stereocenters. The molecule has 0 radical (unpaired) electrons. The minimum Gasteiger partial charge on any atom is -0.378 e. The van der Waals surface area contributed by atoms with Gasteiger partial charge in [0.05, 0.1) is 17.1 Å². The number of aryl methyl sites for hydroxylation is 2. The highest BCUT2D eigenvalue weighted by molar-refractivity contribution is 5.47. The minimum absolute atomic E-state index is 0.790. The van der Waals surface area contributed by atoms with Crippen molar-refractivity contribution in [2.75, 3.05) is 5.32 Å². The predicted molar refractivity (Wildman–Crippen MR) is 83.5 cm³/mol. The first-order valence-electron chi connectivity index (χ1n) is 7.11. The van der Waals surface area contributed by atoms with Gasteiger partial charge in [-0.1, -0.05) is 19.1 Å². The fourth-order valence-corrected chi connectivity index (χ4v) is 2.33. The van der Waals surface area contributed by atoms with Crippen LogP contribution in [-0.4, -0.2) is 19.6 Å². The Morgan fingerprint density at radius 2 is 2.00 bits per heavy atom. The van der Waals surface area contributed by atoms with Crippen molar-refractivity contribution in [2.24, 2.45) is 7.05 Å². The van der Waals surface area contributed by atoms with Crippen LogP contribution in [0.15, 0.2) is 48.9 Å². The van der Waals surface area contributed by atoms with Gasteiger partial charge in [0, 0.05) is 32.2 Å². The molecule has 5 heteroatoms. The van der Waals surface area contributed by atoms with Crippen LogP contribution in [0.25, 0.3) is 5.69 Å². The summed E-state index contributed by atoms with van der Waals surface area (Å²) in [5, 5.41) is 12.1. The highest BCUT2D eigenvalue weighted by Gasteiger charge is 2.05. The van der Waals surface area contributed by atoms with Crippen LogP contribution in [0.2, 0.25) is 0 Å². The van der Waals surface area contributed by atoms with E-state index >= 15 is 0 Å². The van der Waals surface area contributed by atoms with Gasteiger partial charge in [-0.3, -0.25) is 4.68 Å². The van der Waals surface area contributed by atoms with Crippen LogP contribution >= 0.6 is 0 Å².